The second-order valence-electron chi connectivity index (χ2n) is 2.64. The molecule has 0 aliphatic heterocycles. The number of carbonyl (C=O) groups is 1. The van der Waals surface area contributed by atoms with Crippen molar-refractivity contribution in [3.8, 4) is 6.07 Å². The topological polar surface area (TPSA) is 87.1 Å². The summed E-state index contributed by atoms with van der Waals surface area (Å²) in [6.07, 6.45) is 0. The molecule has 0 aliphatic rings. The smallest absolute Gasteiger partial charge is 0.325 e. The van der Waals surface area contributed by atoms with Crippen molar-refractivity contribution in [1.82, 2.24) is 0 Å². The van der Waals surface area contributed by atoms with Crippen molar-refractivity contribution in [3.05, 3.63) is 34.3 Å². The van der Waals surface area contributed by atoms with Gasteiger partial charge in [0.25, 0.3) is 0 Å². The highest BCUT2D eigenvalue weighted by Crippen LogP contribution is 2.24. The van der Waals surface area contributed by atoms with Gasteiger partial charge in [-0.25, -0.2) is 0 Å². The van der Waals surface area contributed by atoms with Crippen LogP contribution in [0, 0.1) is 11.3 Å². The number of rotatable bonds is 2. The highest BCUT2D eigenvalue weighted by Gasteiger charge is 2.18. The molecule has 3 N–H and O–H groups in total. The van der Waals surface area contributed by atoms with Crippen LogP contribution < -0.4 is 5.73 Å². The average molecular weight is 211 g/mol. The molecule has 72 valence electrons. The predicted molar refractivity (Wildman–Crippen MR) is 50.7 cm³/mol. The highest BCUT2D eigenvalue weighted by atomic mass is 35.5. The molecule has 0 aromatic heterocycles. The largest absolute Gasteiger partial charge is 0.480 e. The van der Waals surface area contributed by atoms with E-state index in [4.69, 9.17) is 27.7 Å². The molecule has 0 radical (unpaired) electrons. The third kappa shape index (κ3) is 1.84. The molecule has 1 rings (SSSR count). The molecule has 0 aliphatic carbocycles. The van der Waals surface area contributed by atoms with E-state index in [2.05, 4.69) is 0 Å². The number of nitrogens with zero attached hydrogens (tertiary/aromatic N) is 1. The van der Waals surface area contributed by atoms with Gasteiger partial charge in [-0.15, -0.1) is 0 Å². The maximum Gasteiger partial charge on any atom is 0.325 e. The molecule has 1 aromatic carbocycles. The van der Waals surface area contributed by atoms with Crippen LogP contribution in [0.15, 0.2) is 18.2 Å². The van der Waals surface area contributed by atoms with E-state index in [0.29, 0.717) is 0 Å². The quantitative estimate of drug-likeness (QED) is 0.770. The maximum atomic E-state index is 10.6. The molecular formula is C9H7ClN2O2. The molecule has 1 aromatic rings. The van der Waals surface area contributed by atoms with Gasteiger partial charge in [-0.05, 0) is 11.6 Å². The summed E-state index contributed by atoms with van der Waals surface area (Å²) in [5.41, 5.74) is 5.84. The maximum absolute atomic E-state index is 10.6. The van der Waals surface area contributed by atoms with Crippen LogP contribution in [0.3, 0.4) is 0 Å². The van der Waals surface area contributed by atoms with E-state index < -0.39 is 12.0 Å². The summed E-state index contributed by atoms with van der Waals surface area (Å²) in [7, 11) is 0. The molecule has 0 unspecified atom stereocenters. The van der Waals surface area contributed by atoms with Gasteiger partial charge in [0.2, 0.25) is 0 Å². The number of aliphatic carboxylic acids is 1. The van der Waals surface area contributed by atoms with Crippen LogP contribution >= 0.6 is 11.6 Å². The second-order valence-corrected chi connectivity index (χ2v) is 3.01. The Kier molecular flexibility index (Phi) is 3.07. The molecule has 14 heavy (non-hydrogen) atoms. The molecule has 5 heteroatoms. The summed E-state index contributed by atoms with van der Waals surface area (Å²) in [5, 5.41) is 17.4. The van der Waals surface area contributed by atoms with Gasteiger partial charge < -0.3 is 10.8 Å². The van der Waals surface area contributed by atoms with E-state index in [0.717, 1.165) is 0 Å². The van der Waals surface area contributed by atoms with E-state index in [1.807, 2.05) is 6.07 Å². The lowest BCUT2D eigenvalue weighted by Crippen LogP contribution is -2.21. The SMILES string of the molecule is N#Cc1cccc([C@@H](N)C(=O)O)c1Cl. The number of halogens is 1. The van der Waals surface area contributed by atoms with Crippen LogP contribution in [0.4, 0.5) is 0 Å². The minimum absolute atomic E-state index is 0.102. The zero-order valence-corrected chi connectivity index (χ0v) is 7.82. The standard InChI is InChI=1S/C9H7ClN2O2/c10-7-5(4-11)2-1-3-6(7)8(12)9(13)14/h1-3,8H,12H2,(H,13,14)/t8-/m1/s1. The van der Waals surface area contributed by atoms with E-state index in [9.17, 15) is 4.79 Å². The van der Waals surface area contributed by atoms with Crippen molar-refractivity contribution in [2.24, 2.45) is 5.73 Å². The zero-order chi connectivity index (χ0) is 10.7. The number of hydrogen-bond acceptors (Lipinski definition) is 3. The fourth-order valence-corrected chi connectivity index (χ4v) is 1.30. The van der Waals surface area contributed by atoms with Gasteiger partial charge in [-0.2, -0.15) is 5.26 Å². The molecule has 4 nitrogen and oxygen atoms in total. The van der Waals surface area contributed by atoms with E-state index in [-0.39, 0.29) is 16.1 Å². The first-order chi connectivity index (χ1) is 6.57. The molecule has 0 fully saturated rings. The minimum Gasteiger partial charge on any atom is -0.480 e. The van der Waals surface area contributed by atoms with Crippen LogP contribution in [0.2, 0.25) is 5.02 Å². The first-order valence-electron chi connectivity index (χ1n) is 3.75. The van der Waals surface area contributed by atoms with E-state index in [1.165, 1.54) is 12.1 Å². The van der Waals surface area contributed by atoms with Crippen molar-refractivity contribution in [3.63, 3.8) is 0 Å². The van der Waals surface area contributed by atoms with Crippen LogP contribution in [0.25, 0.3) is 0 Å². The normalized spacial score (nSPS) is 11.8. The van der Waals surface area contributed by atoms with Crippen LogP contribution in [0.5, 0.6) is 0 Å². The lowest BCUT2D eigenvalue weighted by Gasteiger charge is -2.09. The Morgan fingerprint density at radius 1 is 1.64 bits per heavy atom. The molecule has 0 spiro atoms. The third-order valence-corrected chi connectivity index (χ3v) is 2.17. The Hall–Kier alpha value is -1.57. The van der Waals surface area contributed by atoms with Crippen molar-refractivity contribution in [2.45, 2.75) is 6.04 Å². The Morgan fingerprint density at radius 2 is 2.29 bits per heavy atom. The second kappa shape index (κ2) is 4.09. The number of hydrogen-bond donors (Lipinski definition) is 2. The summed E-state index contributed by atoms with van der Waals surface area (Å²) in [6, 6.07) is 5.18. The fraction of sp³-hybridized carbons (Fsp3) is 0.111. The van der Waals surface area contributed by atoms with Crippen LogP contribution in [-0.4, -0.2) is 11.1 Å². The summed E-state index contributed by atoms with van der Waals surface area (Å²) >= 11 is 5.78. The first-order valence-corrected chi connectivity index (χ1v) is 4.12. The highest BCUT2D eigenvalue weighted by molar-refractivity contribution is 6.32. The lowest BCUT2D eigenvalue weighted by atomic mass is 10.1. The van der Waals surface area contributed by atoms with Gasteiger partial charge >= 0.3 is 5.97 Å². The molecular weight excluding hydrogens is 204 g/mol. The summed E-state index contributed by atoms with van der Waals surface area (Å²) in [4.78, 5) is 10.6. The van der Waals surface area contributed by atoms with Gasteiger partial charge in [0.1, 0.15) is 12.1 Å². The molecule has 1 atom stereocenters. The minimum atomic E-state index is -1.20. The molecule has 0 heterocycles. The predicted octanol–water partition coefficient (Wildman–Crippen LogP) is 1.30. The van der Waals surface area contributed by atoms with Crippen LogP contribution in [0.1, 0.15) is 17.2 Å². The average Bonchev–Trinajstić information content (AvgIpc) is 2.17. The van der Waals surface area contributed by atoms with Gasteiger partial charge in [-0.1, -0.05) is 23.7 Å². The number of carboxylic acids is 1. The number of nitrogens with two attached hydrogens (primary N) is 1. The van der Waals surface area contributed by atoms with Gasteiger partial charge in [0.05, 0.1) is 10.6 Å². The Bertz CT molecular complexity index is 412. The summed E-state index contributed by atoms with van der Waals surface area (Å²) in [5.74, 6) is -1.18. The summed E-state index contributed by atoms with van der Waals surface area (Å²) in [6.45, 7) is 0. The zero-order valence-electron chi connectivity index (χ0n) is 7.07. The Morgan fingerprint density at radius 3 is 2.79 bits per heavy atom. The van der Waals surface area contributed by atoms with Crippen molar-refractivity contribution in [1.29, 1.82) is 5.26 Å². The molecule has 0 saturated heterocycles. The Balaban J connectivity index is 3.24. The van der Waals surface area contributed by atoms with Gasteiger partial charge in [0.15, 0.2) is 0 Å². The first kappa shape index (κ1) is 10.5. The Labute approximate surface area is 85.5 Å². The van der Waals surface area contributed by atoms with Crippen molar-refractivity contribution < 1.29 is 9.90 Å². The molecule has 0 bridgehead atoms. The van der Waals surface area contributed by atoms with E-state index in [1.54, 1.807) is 6.07 Å². The fourth-order valence-electron chi connectivity index (χ4n) is 1.01. The van der Waals surface area contributed by atoms with Crippen molar-refractivity contribution >= 4 is 17.6 Å². The number of carboxylic acid groups (broad SMARTS) is 1. The molecule has 0 saturated carbocycles. The summed E-state index contributed by atoms with van der Waals surface area (Å²) < 4.78 is 0. The van der Waals surface area contributed by atoms with Gasteiger partial charge in [0, 0.05) is 0 Å². The number of nitriles is 1. The third-order valence-electron chi connectivity index (χ3n) is 1.75. The monoisotopic (exact) mass is 210 g/mol. The molecule has 0 amide bonds. The van der Waals surface area contributed by atoms with Gasteiger partial charge in [-0.3, -0.25) is 4.79 Å². The van der Waals surface area contributed by atoms with Crippen molar-refractivity contribution in [2.75, 3.05) is 0 Å². The number of benzene rings is 1. The van der Waals surface area contributed by atoms with Crippen LogP contribution in [-0.2, 0) is 4.79 Å². The lowest BCUT2D eigenvalue weighted by molar-refractivity contribution is -0.138. The van der Waals surface area contributed by atoms with E-state index >= 15 is 0 Å².